The fraction of sp³-hybridized carbons (Fsp3) is 0.522. The van der Waals surface area contributed by atoms with Gasteiger partial charge in [-0.15, -0.1) is 0 Å². The van der Waals surface area contributed by atoms with Crippen molar-refractivity contribution in [3.05, 3.63) is 41.2 Å². The molecule has 1 atom stereocenters. The van der Waals surface area contributed by atoms with E-state index >= 15 is 0 Å². The predicted molar refractivity (Wildman–Crippen MR) is 114 cm³/mol. The average molecular weight is 417 g/mol. The topological polar surface area (TPSA) is 87.2 Å². The smallest absolute Gasteiger partial charge is 0.308 e. The van der Waals surface area contributed by atoms with Crippen LogP contribution in [0.1, 0.15) is 53.1 Å². The molecule has 1 aromatic carbocycles. The summed E-state index contributed by atoms with van der Waals surface area (Å²) in [6.07, 6.45) is 0. The van der Waals surface area contributed by atoms with Crippen molar-refractivity contribution in [3.8, 4) is 5.75 Å². The number of carbonyl (C=O) groups excluding carboxylic acids is 3. The van der Waals surface area contributed by atoms with Gasteiger partial charge in [0.1, 0.15) is 5.75 Å². The minimum absolute atomic E-state index is 0.0898. The zero-order chi connectivity index (χ0) is 22.6. The molecule has 0 bridgehead atoms. The number of benzene rings is 1. The van der Waals surface area contributed by atoms with E-state index in [1.165, 1.54) is 11.8 Å². The molecule has 0 saturated heterocycles. The van der Waals surface area contributed by atoms with Crippen LogP contribution in [0.2, 0.25) is 0 Å². The molecule has 1 aromatic rings. The highest BCUT2D eigenvalue weighted by atomic mass is 16.5. The second-order valence-electron chi connectivity index (χ2n) is 8.44. The van der Waals surface area contributed by atoms with Crippen molar-refractivity contribution in [2.75, 3.05) is 26.2 Å². The van der Waals surface area contributed by atoms with Gasteiger partial charge in [-0.1, -0.05) is 46.8 Å². The number of rotatable bonds is 8. The number of esters is 1. The number of likely N-dealkylation sites (N-methyl/N-ethyl adjacent to an activating group) is 1. The van der Waals surface area contributed by atoms with Crippen LogP contribution in [0.15, 0.2) is 35.6 Å². The number of ether oxygens (including phenoxy) is 1. The molecule has 164 valence electrons. The van der Waals surface area contributed by atoms with Crippen LogP contribution in [0.25, 0.3) is 0 Å². The molecule has 1 heterocycles. The number of nitrogens with zero attached hydrogens (tertiary/aromatic N) is 2. The lowest BCUT2D eigenvalue weighted by atomic mass is 9.82. The summed E-state index contributed by atoms with van der Waals surface area (Å²) in [6, 6.07) is 6.00. The van der Waals surface area contributed by atoms with Gasteiger partial charge >= 0.3 is 5.97 Å². The zero-order valence-corrected chi connectivity index (χ0v) is 18.7. The van der Waals surface area contributed by atoms with E-state index in [9.17, 15) is 19.5 Å². The number of aliphatic hydroxyl groups is 1. The Morgan fingerprint density at radius 2 is 1.83 bits per heavy atom. The van der Waals surface area contributed by atoms with Crippen LogP contribution < -0.4 is 4.74 Å². The van der Waals surface area contributed by atoms with E-state index in [1.807, 2.05) is 13.8 Å². The van der Waals surface area contributed by atoms with Crippen LogP contribution in [0.4, 0.5) is 0 Å². The number of hydrogen-bond acceptors (Lipinski definition) is 6. The summed E-state index contributed by atoms with van der Waals surface area (Å²) >= 11 is 0. The number of aliphatic hydroxyl groups excluding tert-OH is 1. The van der Waals surface area contributed by atoms with Crippen LogP contribution in [0.3, 0.4) is 0 Å². The van der Waals surface area contributed by atoms with Crippen LogP contribution in [0, 0.1) is 5.41 Å². The van der Waals surface area contributed by atoms with Crippen LogP contribution >= 0.6 is 0 Å². The molecule has 0 fully saturated rings. The van der Waals surface area contributed by atoms with Gasteiger partial charge in [-0.05, 0) is 30.8 Å². The molecule has 0 aliphatic carbocycles. The molecule has 0 saturated carbocycles. The Labute approximate surface area is 178 Å². The highest BCUT2D eigenvalue weighted by Gasteiger charge is 2.45. The zero-order valence-electron chi connectivity index (χ0n) is 18.7. The third kappa shape index (κ3) is 5.08. The van der Waals surface area contributed by atoms with E-state index in [-0.39, 0.29) is 11.4 Å². The first-order valence-corrected chi connectivity index (χ1v) is 10.3. The molecule has 7 heteroatoms. The summed E-state index contributed by atoms with van der Waals surface area (Å²) in [5, 5.41) is 10.7. The van der Waals surface area contributed by atoms with Gasteiger partial charge < -0.3 is 19.6 Å². The fourth-order valence-electron chi connectivity index (χ4n) is 3.57. The van der Waals surface area contributed by atoms with Crippen molar-refractivity contribution in [1.29, 1.82) is 0 Å². The van der Waals surface area contributed by atoms with Crippen molar-refractivity contribution >= 4 is 17.7 Å². The summed E-state index contributed by atoms with van der Waals surface area (Å²) in [5.41, 5.74) is -0.0742. The third-order valence-corrected chi connectivity index (χ3v) is 5.22. The Hall–Kier alpha value is -2.67. The first-order valence-electron chi connectivity index (χ1n) is 10.3. The minimum Gasteiger partial charge on any atom is -0.503 e. The second kappa shape index (κ2) is 9.43. The largest absolute Gasteiger partial charge is 0.503 e. The minimum atomic E-state index is -0.774. The van der Waals surface area contributed by atoms with Gasteiger partial charge in [0, 0.05) is 25.4 Å². The van der Waals surface area contributed by atoms with Crippen molar-refractivity contribution in [2.24, 2.45) is 5.41 Å². The van der Waals surface area contributed by atoms with Crippen LogP contribution in [-0.4, -0.2) is 58.7 Å². The first kappa shape index (κ1) is 23.6. The van der Waals surface area contributed by atoms with Crippen molar-refractivity contribution in [2.45, 2.75) is 47.6 Å². The van der Waals surface area contributed by atoms with Crippen LogP contribution in [-0.2, 0) is 14.4 Å². The van der Waals surface area contributed by atoms with E-state index < -0.39 is 29.1 Å². The first-order chi connectivity index (χ1) is 14.0. The van der Waals surface area contributed by atoms with Crippen LogP contribution in [0.5, 0.6) is 5.75 Å². The molecule has 1 aliphatic heterocycles. The summed E-state index contributed by atoms with van der Waals surface area (Å²) in [7, 11) is 0. The molecule has 0 aromatic heterocycles. The third-order valence-electron chi connectivity index (χ3n) is 5.22. The standard InChI is InChI=1S/C23H32N2O5/c1-7-24(8-2)12-13-25-19(16-10-9-11-17(14-16)30-15(3)26)18(20(27)22(25)29)21(28)23(4,5)6/h9-11,14,19,27H,7-8,12-13H2,1-6H3. The molecule has 1 amide bonds. The average Bonchev–Trinajstić information content (AvgIpc) is 2.92. The number of amides is 1. The molecular formula is C23H32N2O5. The van der Waals surface area contributed by atoms with E-state index in [0.717, 1.165) is 13.1 Å². The maximum absolute atomic E-state index is 13.2. The Morgan fingerprint density at radius 3 is 2.37 bits per heavy atom. The molecule has 1 aliphatic rings. The highest BCUT2D eigenvalue weighted by Crippen LogP contribution is 2.41. The Balaban J connectivity index is 2.52. The second-order valence-corrected chi connectivity index (χ2v) is 8.44. The molecule has 7 nitrogen and oxygen atoms in total. The quantitative estimate of drug-likeness (QED) is 0.517. The summed E-state index contributed by atoms with van der Waals surface area (Å²) in [5.74, 6) is -1.49. The van der Waals surface area contributed by atoms with Gasteiger partial charge in [0.05, 0.1) is 11.6 Å². The lowest BCUT2D eigenvalue weighted by Gasteiger charge is -2.30. The van der Waals surface area contributed by atoms with E-state index in [2.05, 4.69) is 4.90 Å². The maximum Gasteiger partial charge on any atom is 0.308 e. The summed E-state index contributed by atoms with van der Waals surface area (Å²) in [4.78, 5) is 41.2. The van der Waals surface area contributed by atoms with Gasteiger partial charge in [0.15, 0.2) is 11.5 Å². The lowest BCUT2D eigenvalue weighted by Crippen LogP contribution is -2.39. The SMILES string of the molecule is CCN(CC)CCN1C(=O)C(O)=C(C(=O)C(C)(C)C)C1c1cccc(OC(C)=O)c1. The number of carbonyl (C=O) groups is 3. The Bertz CT molecular complexity index is 849. The van der Waals surface area contributed by atoms with Gasteiger partial charge in [-0.25, -0.2) is 0 Å². The molecular weight excluding hydrogens is 384 g/mol. The predicted octanol–water partition coefficient (Wildman–Crippen LogP) is 3.26. The highest BCUT2D eigenvalue weighted by molar-refractivity contribution is 6.10. The maximum atomic E-state index is 13.2. The fourth-order valence-corrected chi connectivity index (χ4v) is 3.57. The molecule has 30 heavy (non-hydrogen) atoms. The number of ketones is 1. The monoisotopic (exact) mass is 416 g/mol. The molecule has 0 radical (unpaired) electrons. The van der Waals surface area contributed by atoms with Gasteiger partial charge in [0.25, 0.3) is 5.91 Å². The van der Waals surface area contributed by atoms with Crippen molar-refractivity contribution < 1.29 is 24.2 Å². The Kier molecular flexibility index (Phi) is 7.42. The van der Waals surface area contributed by atoms with E-state index in [4.69, 9.17) is 4.74 Å². The van der Waals surface area contributed by atoms with E-state index in [1.54, 1.807) is 45.0 Å². The van der Waals surface area contributed by atoms with Gasteiger partial charge in [-0.2, -0.15) is 0 Å². The number of Topliss-reactive ketones (excluding diaryl/α,β-unsaturated/α-hetero) is 1. The van der Waals surface area contributed by atoms with Gasteiger partial charge in [0.2, 0.25) is 0 Å². The normalized spacial score (nSPS) is 17.1. The van der Waals surface area contributed by atoms with Crippen molar-refractivity contribution in [3.63, 3.8) is 0 Å². The molecule has 1 unspecified atom stereocenters. The molecule has 0 spiro atoms. The molecule has 1 N–H and O–H groups in total. The summed E-state index contributed by atoms with van der Waals surface area (Å²) < 4.78 is 5.19. The lowest BCUT2D eigenvalue weighted by molar-refractivity contribution is -0.132. The van der Waals surface area contributed by atoms with E-state index in [0.29, 0.717) is 24.4 Å². The Morgan fingerprint density at radius 1 is 1.20 bits per heavy atom. The molecule has 2 rings (SSSR count). The summed E-state index contributed by atoms with van der Waals surface area (Å²) in [6.45, 7) is 13.3. The number of hydrogen-bond donors (Lipinski definition) is 1. The van der Waals surface area contributed by atoms with Crippen molar-refractivity contribution in [1.82, 2.24) is 9.80 Å². The van der Waals surface area contributed by atoms with Gasteiger partial charge in [-0.3, -0.25) is 14.4 Å².